The molecule has 150 valence electrons. The summed E-state index contributed by atoms with van der Waals surface area (Å²) < 4.78 is 44.3. The van der Waals surface area contributed by atoms with E-state index in [2.05, 4.69) is 15.6 Å². The topological polar surface area (TPSA) is 63.2 Å². The van der Waals surface area contributed by atoms with Gasteiger partial charge < -0.3 is 15.4 Å². The van der Waals surface area contributed by atoms with Gasteiger partial charge in [0.1, 0.15) is 11.5 Å². The first-order chi connectivity index (χ1) is 13.8. The highest BCUT2D eigenvalue weighted by molar-refractivity contribution is 6.31. The fourth-order valence-electron chi connectivity index (χ4n) is 2.40. The number of nitrogens with one attached hydrogen (secondary N) is 2. The van der Waals surface area contributed by atoms with Crippen molar-refractivity contribution < 1.29 is 22.7 Å². The van der Waals surface area contributed by atoms with Crippen molar-refractivity contribution in [3.05, 3.63) is 83.1 Å². The van der Waals surface area contributed by atoms with Crippen LogP contribution in [0.3, 0.4) is 0 Å². The summed E-state index contributed by atoms with van der Waals surface area (Å²) in [6.45, 7) is 0.182. The predicted octanol–water partition coefficient (Wildman–Crippen LogP) is 5.87. The Balaban J connectivity index is 1.54. The minimum Gasteiger partial charge on any atom is -0.457 e. The van der Waals surface area contributed by atoms with Gasteiger partial charge in [0, 0.05) is 24.6 Å². The van der Waals surface area contributed by atoms with Crippen LogP contribution in [0.15, 0.2) is 67.0 Å². The Hall–Kier alpha value is -3.26. The number of nitrogens with zero attached hydrogens (tertiary/aromatic N) is 1. The molecule has 0 fully saturated rings. The Morgan fingerprint density at radius 3 is 2.31 bits per heavy atom. The molecule has 0 radical (unpaired) electrons. The zero-order chi connectivity index (χ0) is 20.9. The molecule has 0 spiro atoms. The number of rotatable bonds is 5. The van der Waals surface area contributed by atoms with Gasteiger partial charge in [0.15, 0.2) is 0 Å². The van der Waals surface area contributed by atoms with Crippen molar-refractivity contribution in [1.29, 1.82) is 0 Å². The van der Waals surface area contributed by atoms with E-state index in [1.165, 1.54) is 6.07 Å². The number of alkyl halides is 3. The number of carbonyl (C=O) groups excluding carboxylic acids is 1. The van der Waals surface area contributed by atoms with Crippen LogP contribution in [0.2, 0.25) is 5.02 Å². The van der Waals surface area contributed by atoms with Crippen LogP contribution in [-0.4, -0.2) is 11.0 Å². The van der Waals surface area contributed by atoms with Gasteiger partial charge in [-0.25, -0.2) is 4.79 Å². The highest BCUT2D eigenvalue weighted by Crippen LogP contribution is 2.36. The van der Waals surface area contributed by atoms with Crippen molar-refractivity contribution in [2.45, 2.75) is 12.7 Å². The minimum absolute atomic E-state index is 0.0136. The number of pyridine rings is 1. The SMILES string of the molecule is O=C(NCc1ccc(Oc2ccncc2)cc1)Nc1ccc(Cl)c(C(F)(F)F)c1. The summed E-state index contributed by atoms with van der Waals surface area (Å²) in [6.07, 6.45) is -1.37. The zero-order valence-corrected chi connectivity index (χ0v) is 15.6. The van der Waals surface area contributed by atoms with Crippen molar-refractivity contribution in [2.24, 2.45) is 0 Å². The molecule has 0 saturated heterocycles. The maximum atomic E-state index is 12.9. The fourth-order valence-corrected chi connectivity index (χ4v) is 2.62. The van der Waals surface area contributed by atoms with Crippen LogP contribution in [0.4, 0.5) is 23.7 Å². The molecule has 9 heteroatoms. The summed E-state index contributed by atoms with van der Waals surface area (Å²) in [4.78, 5) is 15.9. The largest absolute Gasteiger partial charge is 0.457 e. The fraction of sp³-hybridized carbons (Fsp3) is 0.100. The summed E-state index contributed by atoms with van der Waals surface area (Å²) in [5.41, 5.74) is -0.239. The number of halogens is 4. The van der Waals surface area contributed by atoms with Crippen LogP contribution in [0.25, 0.3) is 0 Å². The van der Waals surface area contributed by atoms with E-state index in [1.807, 2.05) is 0 Å². The maximum absolute atomic E-state index is 12.9. The number of benzene rings is 2. The molecule has 5 nitrogen and oxygen atoms in total. The average molecular weight is 422 g/mol. The lowest BCUT2D eigenvalue weighted by Gasteiger charge is -2.12. The normalized spacial score (nSPS) is 11.0. The highest BCUT2D eigenvalue weighted by Gasteiger charge is 2.33. The van der Waals surface area contributed by atoms with Crippen molar-refractivity contribution >= 4 is 23.3 Å². The van der Waals surface area contributed by atoms with Crippen molar-refractivity contribution in [3.63, 3.8) is 0 Å². The summed E-state index contributed by atoms with van der Waals surface area (Å²) in [5, 5.41) is 4.50. The highest BCUT2D eigenvalue weighted by atomic mass is 35.5. The summed E-state index contributed by atoms with van der Waals surface area (Å²) in [6, 6.07) is 13.0. The number of ether oxygens (including phenoxy) is 1. The van der Waals surface area contributed by atoms with E-state index in [1.54, 1.807) is 48.8 Å². The van der Waals surface area contributed by atoms with E-state index in [9.17, 15) is 18.0 Å². The summed E-state index contributed by atoms with van der Waals surface area (Å²) >= 11 is 5.56. The number of amides is 2. The van der Waals surface area contributed by atoms with E-state index in [0.717, 1.165) is 17.7 Å². The van der Waals surface area contributed by atoms with Gasteiger partial charge in [-0.2, -0.15) is 13.2 Å². The monoisotopic (exact) mass is 421 g/mol. The summed E-state index contributed by atoms with van der Waals surface area (Å²) in [5.74, 6) is 1.26. The van der Waals surface area contributed by atoms with E-state index < -0.39 is 22.8 Å². The number of carbonyl (C=O) groups is 1. The molecule has 0 atom stereocenters. The molecule has 0 saturated carbocycles. The molecule has 0 aliphatic heterocycles. The zero-order valence-electron chi connectivity index (χ0n) is 14.8. The molecule has 1 heterocycles. The predicted molar refractivity (Wildman–Crippen MR) is 103 cm³/mol. The van der Waals surface area contributed by atoms with Crippen LogP contribution >= 0.6 is 11.6 Å². The first-order valence-corrected chi connectivity index (χ1v) is 8.77. The Morgan fingerprint density at radius 1 is 1.00 bits per heavy atom. The molecule has 1 aromatic heterocycles. The molecule has 0 bridgehead atoms. The van der Waals surface area contributed by atoms with Gasteiger partial charge in [-0.1, -0.05) is 23.7 Å². The average Bonchev–Trinajstić information content (AvgIpc) is 2.69. The van der Waals surface area contributed by atoms with E-state index >= 15 is 0 Å². The van der Waals surface area contributed by atoms with Gasteiger partial charge in [0.25, 0.3) is 0 Å². The molecular weight excluding hydrogens is 407 g/mol. The number of aromatic nitrogens is 1. The second-order valence-corrected chi connectivity index (χ2v) is 6.34. The van der Waals surface area contributed by atoms with Crippen LogP contribution in [-0.2, 0) is 12.7 Å². The Labute approximate surface area is 169 Å². The van der Waals surface area contributed by atoms with Gasteiger partial charge in [0.2, 0.25) is 0 Å². The quantitative estimate of drug-likeness (QED) is 0.541. The maximum Gasteiger partial charge on any atom is 0.417 e. The minimum atomic E-state index is -4.61. The molecule has 3 aromatic rings. The van der Waals surface area contributed by atoms with Gasteiger partial charge in [-0.15, -0.1) is 0 Å². The molecule has 2 amide bonds. The van der Waals surface area contributed by atoms with Crippen LogP contribution in [0.1, 0.15) is 11.1 Å². The van der Waals surface area contributed by atoms with Gasteiger partial charge in [-0.05, 0) is 48.0 Å². The van der Waals surface area contributed by atoms with Crippen LogP contribution < -0.4 is 15.4 Å². The Bertz CT molecular complexity index is 981. The first-order valence-electron chi connectivity index (χ1n) is 8.40. The number of hydrogen-bond donors (Lipinski definition) is 2. The Kier molecular flexibility index (Phi) is 6.23. The third-order valence-electron chi connectivity index (χ3n) is 3.79. The molecule has 0 aliphatic carbocycles. The van der Waals surface area contributed by atoms with E-state index in [-0.39, 0.29) is 12.2 Å². The lowest BCUT2D eigenvalue weighted by Crippen LogP contribution is -2.28. The first kappa shape index (κ1) is 20.5. The lowest BCUT2D eigenvalue weighted by molar-refractivity contribution is -0.137. The molecule has 0 aliphatic rings. The van der Waals surface area contributed by atoms with Gasteiger partial charge >= 0.3 is 12.2 Å². The third kappa shape index (κ3) is 5.86. The van der Waals surface area contributed by atoms with Gasteiger partial charge in [0.05, 0.1) is 10.6 Å². The second-order valence-electron chi connectivity index (χ2n) is 5.93. The summed E-state index contributed by atoms with van der Waals surface area (Å²) in [7, 11) is 0. The van der Waals surface area contributed by atoms with Gasteiger partial charge in [-0.3, -0.25) is 4.98 Å². The third-order valence-corrected chi connectivity index (χ3v) is 4.12. The second kappa shape index (κ2) is 8.83. The van der Waals surface area contributed by atoms with Crippen molar-refractivity contribution in [1.82, 2.24) is 10.3 Å². The number of urea groups is 1. The molecule has 0 unspecified atom stereocenters. The van der Waals surface area contributed by atoms with Crippen LogP contribution in [0.5, 0.6) is 11.5 Å². The molecule has 3 rings (SSSR count). The smallest absolute Gasteiger partial charge is 0.417 e. The number of hydrogen-bond acceptors (Lipinski definition) is 3. The molecule has 29 heavy (non-hydrogen) atoms. The standard InChI is InChI=1S/C20H15ClF3N3O2/c21-18-6-3-14(11-17(18)20(22,23)24)27-19(28)26-12-13-1-4-15(5-2-13)29-16-7-9-25-10-8-16/h1-11H,12H2,(H2,26,27,28). The van der Waals surface area contributed by atoms with E-state index in [4.69, 9.17) is 16.3 Å². The van der Waals surface area contributed by atoms with E-state index in [0.29, 0.717) is 11.5 Å². The molecule has 2 N–H and O–H groups in total. The van der Waals surface area contributed by atoms with Crippen LogP contribution in [0, 0.1) is 0 Å². The van der Waals surface area contributed by atoms with Crippen molar-refractivity contribution in [2.75, 3.05) is 5.32 Å². The Morgan fingerprint density at radius 2 is 1.66 bits per heavy atom. The molecule has 2 aromatic carbocycles. The molecular formula is C20H15ClF3N3O2. The van der Waals surface area contributed by atoms with Crippen molar-refractivity contribution in [3.8, 4) is 11.5 Å². The number of anilines is 1. The lowest BCUT2D eigenvalue weighted by atomic mass is 10.2.